The first-order valence-corrected chi connectivity index (χ1v) is 10.5. The van der Waals surface area contributed by atoms with Crippen LogP contribution >= 0.6 is 23.2 Å². The van der Waals surface area contributed by atoms with Gasteiger partial charge in [-0.3, -0.25) is 9.59 Å². The molecule has 9 heteroatoms. The second-order valence-electron chi connectivity index (χ2n) is 6.02. The minimum Gasteiger partial charge on any atom is -0.352 e. The highest BCUT2D eigenvalue weighted by atomic mass is 35.5. The zero-order valence-corrected chi connectivity index (χ0v) is 16.4. The van der Waals surface area contributed by atoms with E-state index < -0.39 is 21.8 Å². The zero-order chi connectivity index (χ0) is 19.6. The van der Waals surface area contributed by atoms with Crippen molar-refractivity contribution in [3.8, 4) is 0 Å². The van der Waals surface area contributed by atoms with E-state index in [0.717, 1.165) is 9.87 Å². The number of nitrogens with one attached hydrogen (secondary N) is 1. The van der Waals surface area contributed by atoms with Crippen LogP contribution in [0.25, 0.3) is 0 Å². The number of rotatable bonds is 5. The van der Waals surface area contributed by atoms with Gasteiger partial charge in [0, 0.05) is 18.0 Å². The lowest BCUT2D eigenvalue weighted by molar-refractivity contribution is -0.116. The van der Waals surface area contributed by atoms with Crippen LogP contribution in [0.4, 0.5) is 5.69 Å². The minimum atomic E-state index is -3.70. The zero-order valence-electron chi connectivity index (χ0n) is 14.1. The van der Waals surface area contributed by atoms with Gasteiger partial charge in [-0.15, -0.1) is 0 Å². The molecule has 2 aromatic carbocycles. The number of benzene rings is 2. The van der Waals surface area contributed by atoms with E-state index in [-0.39, 0.29) is 28.4 Å². The molecule has 0 aliphatic carbocycles. The van der Waals surface area contributed by atoms with E-state index >= 15 is 0 Å². The van der Waals surface area contributed by atoms with Gasteiger partial charge in [0.15, 0.2) is 0 Å². The largest absolute Gasteiger partial charge is 0.352 e. The Morgan fingerprint density at radius 3 is 2.44 bits per heavy atom. The molecule has 6 nitrogen and oxygen atoms in total. The minimum absolute atomic E-state index is 0.0758. The molecule has 1 heterocycles. The van der Waals surface area contributed by atoms with E-state index in [1.54, 1.807) is 12.1 Å². The van der Waals surface area contributed by atoms with Crippen LogP contribution in [0.5, 0.6) is 0 Å². The van der Waals surface area contributed by atoms with Crippen LogP contribution in [0, 0.1) is 0 Å². The molecular formula is C18H16Cl2N2O4S. The van der Waals surface area contributed by atoms with Gasteiger partial charge in [-0.1, -0.05) is 35.3 Å². The summed E-state index contributed by atoms with van der Waals surface area (Å²) in [4.78, 5) is 24.4. The number of amides is 2. The molecule has 0 bridgehead atoms. The number of nitrogens with zero attached hydrogens (tertiary/aromatic N) is 1. The number of carbonyl (C=O) groups excluding carboxylic acids is 2. The molecule has 1 aliphatic rings. The monoisotopic (exact) mass is 426 g/mol. The SMILES string of the molecule is O=C(NCCc1ccc(Cl)cc1)c1cc(N2C(=O)CCS2(=O)=O)ccc1Cl. The van der Waals surface area contributed by atoms with Crippen LogP contribution in [-0.2, 0) is 21.2 Å². The molecule has 1 fully saturated rings. The van der Waals surface area contributed by atoms with E-state index in [4.69, 9.17) is 23.2 Å². The van der Waals surface area contributed by atoms with Crippen LogP contribution in [-0.4, -0.2) is 32.5 Å². The number of anilines is 1. The summed E-state index contributed by atoms with van der Waals surface area (Å²) in [5.74, 6) is -1.21. The van der Waals surface area contributed by atoms with E-state index in [0.29, 0.717) is 18.0 Å². The summed E-state index contributed by atoms with van der Waals surface area (Å²) in [6.45, 7) is 0.363. The predicted molar refractivity (Wildman–Crippen MR) is 105 cm³/mol. The van der Waals surface area contributed by atoms with Gasteiger partial charge in [-0.25, -0.2) is 12.7 Å². The molecule has 0 saturated carbocycles. The summed E-state index contributed by atoms with van der Waals surface area (Å²) in [6.07, 6.45) is 0.521. The molecule has 1 N–H and O–H groups in total. The molecule has 142 valence electrons. The molecule has 0 aromatic heterocycles. The van der Waals surface area contributed by atoms with Crippen LogP contribution in [0.1, 0.15) is 22.3 Å². The third-order valence-electron chi connectivity index (χ3n) is 4.12. The second kappa shape index (κ2) is 7.88. The average Bonchev–Trinajstić information content (AvgIpc) is 2.90. The van der Waals surface area contributed by atoms with Crippen LogP contribution < -0.4 is 9.62 Å². The van der Waals surface area contributed by atoms with Gasteiger partial charge in [0.1, 0.15) is 0 Å². The molecule has 0 atom stereocenters. The summed E-state index contributed by atoms with van der Waals surface area (Å²) in [6, 6.07) is 11.4. The van der Waals surface area contributed by atoms with Crippen molar-refractivity contribution in [1.82, 2.24) is 5.32 Å². The fraction of sp³-hybridized carbons (Fsp3) is 0.222. The first-order chi connectivity index (χ1) is 12.8. The van der Waals surface area contributed by atoms with E-state index in [2.05, 4.69) is 5.32 Å². The van der Waals surface area contributed by atoms with Crippen LogP contribution in [0.2, 0.25) is 10.0 Å². The van der Waals surface area contributed by atoms with E-state index in [9.17, 15) is 18.0 Å². The number of sulfonamides is 1. The first-order valence-electron chi connectivity index (χ1n) is 8.16. The van der Waals surface area contributed by atoms with Gasteiger partial charge in [-0.05, 0) is 42.3 Å². The summed E-state index contributed by atoms with van der Waals surface area (Å²) >= 11 is 11.9. The van der Waals surface area contributed by atoms with Gasteiger partial charge in [-0.2, -0.15) is 0 Å². The lowest BCUT2D eigenvalue weighted by Crippen LogP contribution is -2.30. The molecule has 1 saturated heterocycles. The normalized spacial score (nSPS) is 15.8. The van der Waals surface area contributed by atoms with Crippen molar-refractivity contribution < 1.29 is 18.0 Å². The molecule has 0 radical (unpaired) electrons. The van der Waals surface area contributed by atoms with Crippen molar-refractivity contribution in [1.29, 1.82) is 0 Å². The maximum Gasteiger partial charge on any atom is 0.252 e. The van der Waals surface area contributed by atoms with Gasteiger partial charge < -0.3 is 5.32 Å². The molecule has 0 unspecified atom stereocenters. The van der Waals surface area contributed by atoms with Crippen LogP contribution in [0.15, 0.2) is 42.5 Å². The smallest absolute Gasteiger partial charge is 0.252 e. The van der Waals surface area contributed by atoms with E-state index in [1.165, 1.54) is 18.2 Å². The summed E-state index contributed by atoms with van der Waals surface area (Å²) in [5.41, 5.74) is 1.23. The molecule has 2 aromatic rings. The lowest BCUT2D eigenvalue weighted by atomic mass is 10.1. The Kier molecular flexibility index (Phi) is 5.74. The number of halogens is 2. The topological polar surface area (TPSA) is 83.6 Å². The molecule has 27 heavy (non-hydrogen) atoms. The Bertz CT molecular complexity index is 991. The third-order valence-corrected chi connectivity index (χ3v) is 6.39. The van der Waals surface area contributed by atoms with Gasteiger partial charge >= 0.3 is 0 Å². The second-order valence-corrected chi connectivity index (χ2v) is 8.80. The quantitative estimate of drug-likeness (QED) is 0.795. The fourth-order valence-electron chi connectivity index (χ4n) is 2.75. The Labute approximate surface area is 167 Å². The van der Waals surface area contributed by atoms with Crippen molar-refractivity contribution in [2.24, 2.45) is 0 Å². The summed E-state index contributed by atoms with van der Waals surface area (Å²) < 4.78 is 24.8. The van der Waals surface area contributed by atoms with Crippen LogP contribution in [0.3, 0.4) is 0 Å². The third kappa shape index (κ3) is 4.43. The average molecular weight is 427 g/mol. The molecular weight excluding hydrogens is 411 g/mol. The van der Waals surface area contributed by atoms with Crippen molar-refractivity contribution in [2.75, 3.05) is 16.6 Å². The number of hydrogen-bond acceptors (Lipinski definition) is 4. The number of hydrogen-bond donors (Lipinski definition) is 1. The fourth-order valence-corrected chi connectivity index (χ4v) is 4.53. The Morgan fingerprint density at radius 2 is 1.81 bits per heavy atom. The highest BCUT2D eigenvalue weighted by molar-refractivity contribution is 7.94. The Morgan fingerprint density at radius 1 is 1.11 bits per heavy atom. The predicted octanol–water partition coefficient (Wildman–Crippen LogP) is 3.03. The maximum absolute atomic E-state index is 12.5. The summed E-state index contributed by atoms with van der Waals surface area (Å²) in [5, 5.41) is 3.55. The summed E-state index contributed by atoms with van der Waals surface area (Å²) in [7, 11) is -3.70. The van der Waals surface area contributed by atoms with E-state index in [1.807, 2.05) is 12.1 Å². The van der Waals surface area contributed by atoms with Gasteiger partial charge in [0.2, 0.25) is 15.9 Å². The van der Waals surface area contributed by atoms with Crippen molar-refractivity contribution >= 4 is 50.7 Å². The molecule has 3 rings (SSSR count). The Hall–Kier alpha value is -2.09. The highest BCUT2D eigenvalue weighted by Gasteiger charge is 2.36. The molecule has 2 amide bonds. The lowest BCUT2D eigenvalue weighted by Gasteiger charge is -2.16. The Balaban J connectivity index is 1.73. The van der Waals surface area contributed by atoms with Crippen molar-refractivity contribution in [2.45, 2.75) is 12.8 Å². The maximum atomic E-state index is 12.5. The van der Waals surface area contributed by atoms with Gasteiger partial charge in [0.25, 0.3) is 5.91 Å². The first kappa shape index (κ1) is 19.7. The van der Waals surface area contributed by atoms with Crippen molar-refractivity contribution in [3.63, 3.8) is 0 Å². The molecule has 0 spiro atoms. The number of carbonyl (C=O) groups is 2. The highest BCUT2D eigenvalue weighted by Crippen LogP contribution is 2.29. The standard InChI is InChI=1S/C18H16Cl2N2O4S/c19-13-3-1-12(2-4-13)7-9-21-18(24)15-11-14(5-6-16(15)20)22-17(23)8-10-27(22,25)26/h1-6,11H,7-10H2,(H,21,24). The van der Waals surface area contributed by atoms with Crippen molar-refractivity contribution in [3.05, 3.63) is 63.6 Å². The molecule has 1 aliphatic heterocycles. The van der Waals surface area contributed by atoms with Gasteiger partial charge in [0.05, 0.1) is 22.0 Å².